The lowest BCUT2D eigenvalue weighted by Gasteiger charge is -2.64. The quantitative estimate of drug-likeness (QED) is 0.300. The second kappa shape index (κ2) is 12.4. The number of morpholine rings is 1. The van der Waals surface area contributed by atoms with Gasteiger partial charge in [-0.2, -0.15) is 0 Å². The van der Waals surface area contributed by atoms with Gasteiger partial charge in [-0.1, -0.05) is 34.6 Å². The number of ether oxygens (including phenoxy) is 4. The van der Waals surface area contributed by atoms with Gasteiger partial charge < -0.3 is 32.2 Å². The van der Waals surface area contributed by atoms with Gasteiger partial charge in [-0.3, -0.25) is 9.80 Å². The van der Waals surface area contributed by atoms with E-state index in [-0.39, 0.29) is 40.8 Å². The van der Waals surface area contributed by atoms with Crippen molar-refractivity contribution in [2.75, 3.05) is 52.5 Å². The minimum Gasteiger partial charge on any atom is -0.390 e. The van der Waals surface area contributed by atoms with Crippen molar-refractivity contribution in [1.29, 1.82) is 0 Å². The summed E-state index contributed by atoms with van der Waals surface area (Å²) in [4.78, 5) is 5.19. The van der Waals surface area contributed by atoms with Crippen LogP contribution >= 0.6 is 23.0 Å². The molecule has 9 nitrogen and oxygen atoms in total. The van der Waals surface area contributed by atoms with Crippen LogP contribution in [-0.4, -0.2) is 121 Å². The summed E-state index contributed by atoms with van der Waals surface area (Å²) in [6.07, 6.45) is 7.52. The van der Waals surface area contributed by atoms with Gasteiger partial charge >= 0.3 is 0 Å². The Kier molecular flexibility index (Phi) is 9.01. The highest BCUT2D eigenvalue weighted by atomic mass is 127. The molecule has 5 aliphatic carbocycles. The zero-order chi connectivity index (χ0) is 35.9. The van der Waals surface area contributed by atoms with Crippen LogP contribution in [0.1, 0.15) is 99.8 Å². The lowest BCUT2D eigenvalue weighted by atomic mass is 9.41. The number of likely N-dealkylation sites (tertiary alicyclic amines) is 1. The smallest absolute Gasteiger partial charge is 0.170 e. The molecule has 0 aromatic heterocycles. The van der Waals surface area contributed by atoms with Crippen molar-refractivity contribution in [1.82, 2.24) is 9.80 Å². The standard InChI is InChI=1S/C41H67IN2O7/c1-24-16-27(34(45)37(4,5)51-42)49-33-32(24)38(6)12-13-41-23-40(41)11-10-30(36(2,3)28(40)8-9-29(41)39(38,7)35(33)46)50-31-20-43(14-15-48-31)17-25-18-44(19-25)26-21-47-22-26/h24-35,45-46H,8-23H2,1-7H3/t24-,27?,28+,29?,30+,31+,32+,33?,34+,35+,38-,39-,40-,41+/m1/s1. The van der Waals surface area contributed by atoms with Crippen LogP contribution < -0.4 is 0 Å². The third-order valence-corrected chi connectivity index (χ3v) is 19.2. The molecule has 0 aromatic carbocycles. The average molecular weight is 827 g/mol. The Morgan fingerprint density at radius 3 is 2.41 bits per heavy atom. The number of nitrogens with zero attached hydrogens (tertiary/aromatic N) is 2. The highest BCUT2D eigenvalue weighted by Crippen LogP contribution is 2.89. The van der Waals surface area contributed by atoms with E-state index in [9.17, 15) is 10.2 Å². The maximum atomic E-state index is 12.6. The Labute approximate surface area is 321 Å². The van der Waals surface area contributed by atoms with Crippen LogP contribution in [-0.2, 0) is 22.0 Å². The van der Waals surface area contributed by atoms with Crippen LogP contribution in [0.5, 0.6) is 0 Å². The van der Waals surface area contributed by atoms with Gasteiger partial charge in [0.05, 0.1) is 50.3 Å². The fraction of sp³-hybridized carbons (Fsp3) is 1.00. The molecule has 4 saturated heterocycles. The van der Waals surface area contributed by atoms with Crippen molar-refractivity contribution in [2.45, 2.75) is 148 Å². The summed E-state index contributed by atoms with van der Waals surface area (Å²) in [5.74, 6) is 2.55. The van der Waals surface area contributed by atoms with Gasteiger partial charge in [0, 0.05) is 38.1 Å². The fourth-order valence-electron chi connectivity index (χ4n) is 15.2. The number of halogens is 1. The third kappa shape index (κ3) is 5.14. The number of aliphatic hydroxyl groups excluding tert-OH is 2. The molecule has 4 aliphatic heterocycles. The van der Waals surface area contributed by atoms with Crippen LogP contribution in [0, 0.1) is 56.7 Å². The molecule has 0 amide bonds. The lowest BCUT2D eigenvalue weighted by molar-refractivity contribution is -0.250. The van der Waals surface area contributed by atoms with Crippen LogP contribution in [0.25, 0.3) is 0 Å². The maximum absolute atomic E-state index is 12.6. The second-order valence-electron chi connectivity index (χ2n) is 20.9. The molecule has 2 N–H and O–H groups in total. The largest absolute Gasteiger partial charge is 0.390 e. The molecule has 3 unspecified atom stereocenters. The Bertz CT molecular complexity index is 1340. The second-order valence-corrected chi connectivity index (χ2v) is 21.3. The van der Waals surface area contributed by atoms with E-state index in [0.29, 0.717) is 40.5 Å². The van der Waals surface area contributed by atoms with Gasteiger partial charge in [-0.25, -0.2) is 0 Å². The summed E-state index contributed by atoms with van der Waals surface area (Å²) in [7, 11) is 0. The van der Waals surface area contributed by atoms with Crippen molar-refractivity contribution in [3.05, 3.63) is 0 Å². The first-order valence-corrected chi connectivity index (χ1v) is 21.6. The molecule has 0 bridgehead atoms. The van der Waals surface area contributed by atoms with E-state index in [4.69, 9.17) is 22.0 Å². The predicted octanol–water partition coefficient (Wildman–Crippen LogP) is 5.68. The van der Waals surface area contributed by atoms with E-state index in [1.165, 1.54) is 45.2 Å². The third-order valence-electron chi connectivity index (χ3n) is 18.1. The molecule has 10 heteroatoms. The van der Waals surface area contributed by atoms with Gasteiger partial charge in [-0.05, 0) is 116 Å². The number of hydrogen-bond donors (Lipinski definition) is 2. The average Bonchev–Trinajstić information content (AvgIpc) is 3.68. The Balaban J connectivity index is 0.885. The Hall–Kier alpha value is 0.370. The van der Waals surface area contributed by atoms with Crippen molar-refractivity contribution < 1.29 is 32.2 Å². The molecule has 9 rings (SSSR count). The summed E-state index contributed by atoms with van der Waals surface area (Å²) in [6, 6.07) is 0.660. The molecule has 2 spiro atoms. The van der Waals surface area contributed by atoms with E-state index >= 15 is 0 Å². The molecule has 4 heterocycles. The summed E-state index contributed by atoms with van der Waals surface area (Å²) in [6.45, 7) is 24.3. The summed E-state index contributed by atoms with van der Waals surface area (Å²) < 4.78 is 31.3. The zero-order valence-electron chi connectivity index (χ0n) is 32.4. The van der Waals surface area contributed by atoms with E-state index in [2.05, 4.69) is 44.4 Å². The highest BCUT2D eigenvalue weighted by Gasteiger charge is 2.84. The number of aliphatic hydroxyl groups is 2. The molecule has 14 atom stereocenters. The fourth-order valence-corrected chi connectivity index (χ4v) is 15.4. The summed E-state index contributed by atoms with van der Waals surface area (Å²) >= 11 is 1.90. The molecule has 0 radical (unpaired) electrons. The van der Waals surface area contributed by atoms with Crippen molar-refractivity contribution in [3.63, 3.8) is 0 Å². The van der Waals surface area contributed by atoms with Crippen LogP contribution in [0.15, 0.2) is 0 Å². The minimum atomic E-state index is -0.746. The molecular weight excluding hydrogens is 759 g/mol. The molecule has 290 valence electrons. The lowest BCUT2D eigenvalue weighted by Crippen LogP contribution is -2.62. The zero-order valence-corrected chi connectivity index (χ0v) is 34.6. The minimum absolute atomic E-state index is 0.0116. The molecule has 0 aromatic rings. The van der Waals surface area contributed by atoms with E-state index in [0.717, 1.165) is 64.6 Å². The number of hydrogen-bond acceptors (Lipinski definition) is 9. The van der Waals surface area contributed by atoms with Gasteiger partial charge in [-0.15, -0.1) is 0 Å². The van der Waals surface area contributed by atoms with Crippen LogP contribution in [0.4, 0.5) is 0 Å². The molecule has 9 aliphatic rings. The first kappa shape index (κ1) is 37.0. The molecule has 5 saturated carbocycles. The highest BCUT2D eigenvalue weighted by molar-refractivity contribution is 14.1. The predicted molar refractivity (Wildman–Crippen MR) is 202 cm³/mol. The number of rotatable bonds is 8. The van der Waals surface area contributed by atoms with Crippen molar-refractivity contribution in [2.24, 2.45) is 56.7 Å². The van der Waals surface area contributed by atoms with E-state index in [1.807, 2.05) is 36.9 Å². The first-order valence-electron chi connectivity index (χ1n) is 20.7. The first-order chi connectivity index (χ1) is 24.1. The maximum Gasteiger partial charge on any atom is 0.170 e. The Morgan fingerprint density at radius 2 is 1.71 bits per heavy atom. The summed E-state index contributed by atoms with van der Waals surface area (Å²) in [5.41, 5.74) is -0.176. The van der Waals surface area contributed by atoms with Crippen molar-refractivity contribution in [3.8, 4) is 0 Å². The normalized spacial score (nSPS) is 52.0. The monoisotopic (exact) mass is 826 g/mol. The number of fused-ring (bicyclic) bond motifs is 4. The van der Waals surface area contributed by atoms with Gasteiger partial charge in [0.1, 0.15) is 34.7 Å². The summed E-state index contributed by atoms with van der Waals surface area (Å²) in [5, 5.41) is 24.0. The van der Waals surface area contributed by atoms with E-state index < -0.39 is 17.8 Å². The van der Waals surface area contributed by atoms with Gasteiger partial charge in [0.2, 0.25) is 0 Å². The van der Waals surface area contributed by atoms with E-state index in [1.54, 1.807) is 0 Å². The van der Waals surface area contributed by atoms with Crippen molar-refractivity contribution >= 4 is 23.0 Å². The molecule has 9 fully saturated rings. The Morgan fingerprint density at radius 1 is 0.980 bits per heavy atom. The topological polar surface area (TPSA) is 93.1 Å². The van der Waals surface area contributed by atoms with Crippen LogP contribution in [0.3, 0.4) is 0 Å². The molecular formula is C41H67IN2O7. The molecule has 51 heavy (non-hydrogen) atoms. The van der Waals surface area contributed by atoms with Gasteiger partial charge in [0.25, 0.3) is 0 Å². The van der Waals surface area contributed by atoms with Gasteiger partial charge in [0.15, 0.2) is 6.29 Å². The van der Waals surface area contributed by atoms with Crippen LogP contribution in [0.2, 0.25) is 0 Å². The SMILES string of the molecule is C[C@@H]1CC([C@H](O)C(C)(C)OI)OC2[C@H]1[C@@]1(C)CC[C@@]34C[C@@]35CC[C@H](O[C@H]3CN(CC6CN(C7COC7)C6)CCO3)C(C)(C)[C@@H]5CCC4[C@]1(C)[C@H]2O.